The van der Waals surface area contributed by atoms with Crippen LogP contribution in [0.25, 0.3) is 0 Å². The van der Waals surface area contributed by atoms with Crippen LogP contribution in [0, 0.1) is 0 Å². The van der Waals surface area contributed by atoms with Crippen molar-refractivity contribution >= 4 is 15.7 Å². The number of sulfonamides is 1. The third-order valence-corrected chi connectivity index (χ3v) is 5.64. The second-order valence-electron chi connectivity index (χ2n) is 5.13. The number of anilines is 1. The van der Waals surface area contributed by atoms with E-state index in [2.05, 4.69) is 0 Å². The van der Waals surface area contributed by atoms with Crippen molar-refractivity contribution in [2.24, 2.45) is 0 Å². The van der Waals surface area contributed by atoms with Gasteiger partial charge in [0.15, 0.2) is 0 Å². The van der Waals surface area contributed by atoms with E-state index in [1.807, 2.05) is 20.8 Å². The predicted molar refractivity (Wildman–Crippen MR) is 86.0 cm³/mol. The molecule has 2 N–H and O–H groups in total. The molecule has 6 heteroatoms. The van der Waals surface area contributed by atoms with Crippen molar-refractivity contribution in [1.29, 1.82) is 0 Å². The number of nitrogens with two attached hydrogens (primary N) is 1. The maximum atomic E-state index is 12.8. The van der Waals surface area contributed by atoms with Crippen LogP contribution in [0.2, 0.25) is 0 Å². The zero-order chi connectivity index (χ0) is 16.0. The van der Waals surface area contributed by atoms with Crippen molar-refractivity contribution in [3.63, 3.8) is 0 Å². The van der Waals surface area contributed by atoms with Crippen molar-refractivity contribution in [1.82, 2.24) is 4.31 Å². The highest BCUT2D eigenvalue weighted by Crippen LogP contribution is 2.28. The minimum Gasteiger partial charge on any atom is -0.495 e. The average molecular weight is 314 g/mol. The van der Waals surface area contributed by atoms with E-state index in [9.17, 15) is 8.42 Å². The number of nitrogens with zero attached hydrogens (tertiary/aromatic N) is 1. The molecule has 0 bridgehead atoms. The summed E-state index contributed by atoms with van der Waals surface area (Å²) in [5.74, 6) is 0.385. The van der Waals surface area contributed by atoms with Crippen LogP contribution in [0.1, 0.15) is 40.0 Å². The van der Waals surface area contributed by atoms with Gasteiger partial charge < -0.3 is 10.5 Å². The number of methoxy groups -OCH3 is 1. The monoisotopic (exact) mass is 314 g/mol. The molecular formula is C15H26N2O3S. The van der Waals surface area contributed by atoms with Gasteiger partial charge in [-0.1, -0.05) is 20.3 Å². The molecule has 0 saturated heterocycles. The van der Waals surface area contributed by atoms with Crippen LogP contribution in [0.3, 0.4) is 0 Å². The van der Waals surface area contributed by atoms with Gasteiger partial charge in [0.1, 0.15) is 5.75 Å². The number of benzene rings is 1. The van der Waals surface area contributed by atoms with E-state index >= 15 is 0 Å². The highest BCUT2D eigenvalue weighted by molar-refractivity contribution is 7.89. The number of hydrogen-bond acceptors (Lipinski definition) is 4. The SMILES string of the molecule is CCCCN(C(C)CC)S(=O)(=O)c1ccc(N)c(OC)c1. The minimum absolute atomic E-state index is 0.0369. The fourth-order valence-corrected chi connectivity index (χ4v) is 3.84. The molecule has 21 heavy (non-hydrogen) atoms. The van der Waals surface area contributed by atoms with E-state index in [-0.39, 0.29) is 10.9 Å². The summed E-state index contributed by atoms with van der Waals surface area (Å²) in [6.45, 7) is 6.50. The molecule has 0 radical (unpaired) electrons. The quantitative estimate of drug-likeness (QED) is 0.749. The average Bonchev–Trinajstić information content (AvgIpc) is 2.47. The Kier molecular flexibility index (Phi) is 6.48. The Morgan fingerprint density at radius 3 is 2.52 bits per heavy atom. The summed E-state index contributed by atoms with van der Waals surface area (Å²) in [6.07, 6.45) is 2.57. The Morgan fingerprint density at radius 1 is 1.33 bits per heavy atom. The van der Waals surface area contributed by atoms with E-state index in [0.29, 0.717) is 18.0 Å². The van der Waals surface area contributed by atoms with Crippen LogP contribution < -0.4 is 10.5 Å². The van der Waals surface area contributed by atoms with Crippen LogP contribution in [-0.2, 0) is 10.0 Å². The van der Waals surface area contributed by atoms with Crippen LogP contribution in [0.5, 0.6) is 5.75 Å². The third kappa shape index (κ3) is 4.11. The molecule has 1 atom stereocenters. The fraction of sp³-hybridized carbons (Fsp3) is 0.600. The summed E-state index contributed by atoms with van der Waals surface area (Å²) >= 11 is 0. The summed E-state index contributed by atoms with van der Waals surface area (Å²) in [5, 5.41) is 0. The number of ether oxygens (including phenoxy) is 1. The van der Waals surface area contributed by atoms with Gasteiger partial charge in [-0.05, 0) is 31.9 Å². The van der Waals surface area contributed by atoms with E-state index in [0.717, 1.165) is 19.3 Å². The second-order valence-corrected chi connectivity index (χ2v) is 7.02. The highest BCUT2D eigenvalue weighted by atomic mass is 32.2. The first kappa shape index (κ1) is 17.8. The lowest BCUT2D eigenvalue weighted by Gasteiger charge is -2.27. The summed E-state index contributed by atoms with van der Waals surface area (Å²) in [4.78, 5) is 0.227. The van der Waals surface area contributed by atoms with Gasteiger partial charge in [0.05, 0.1) is 17.7 Å². The molecule has 0 aliphatic heterocycles. The zero-order valence-electron chi connectivity index (χ0n) is 13.3. The lowest BCUT2D eigenvalue weighted by atomic mass is 10.2. The van der Waals surface area contributed by atoms with Crippen molar-refractivity contribution < 1.29 is 13.2 Å². The molecular weight excluding hydrogens is 288 g/mol. The van der Waals surface area contributed by atoms with Gasteiger partial charge in [-0.15, -0.1) is 0 Å². The fourth-order valence-electron chi connectivity index (χ4n) is 2.08. The van der Waals surface area contributed by atoms with Gasteiger partial charge in [0.2, 0.25) is 10.0 Å². The van der Waals surface area contributed by atoms with E-state index < -0.39 is 10.0 Å². The number of unbranched alkanes of at least 4 members (excludes halogenated alkanes) is 1. The number of rotatable bonds is 8. The predicted octanol–water partition coefficient (Wildman–Crippen LogP) is 2.87. The molecule has 5 nitrogen and oxygen atoms in total. The van der Waals surface area contributed by atoms with Gasteiger partial charge in [0, 0.05) is 18.7 Å². The highest BCUT2D eigenvalue weighted by Gasteiger charge is 2.28. The lowest BCUT2D eigenvalue weighted by molar-refractivity contribution is 0.324. The van der Waals surface area contributed by atoms with Gasteiger partial charge in [-0.3, -0.25) is 0 Å². The molecule has 0 aliphatic carbocycles. The molecule has 0 amide bonds. The first-order chi connectivity index (χ1) is 9.88. The minimum atomic E-state index is -3.54. The molecule has 0 spiro atoms. The Bertz CT molecular complexity index is 558. The Labute approximate surface area is 128 Å². The van der Waals surface area contributed by atoms with Crippen molar-refractivity contribution in [2.45, 2.75) is 51.0 Å². The van der Waals surface area contributed by atoms with Crippen LogP contribution in [0.15, 0.2) is 23.1 Å². The summed E-state index contributed by atoms with van der Waals surface area (Å²) in [5.41, 5.74) is 6.18. The molecule has 1 unspecified atom stereocenters. The summed E-state index contributed by atoms with van der Waals surface area (Å²) < 4.78 is 32.4. The molecule has 0 saturated carbocycles. The van der Waals surface area contributed by atoms with Crippen LogP contribution in [-0.4, -0.2) is 32.4 Å². The molecule has 1 aromatic carbocycles. The van der Waals surface area contributed by atoms with Gasteiger partial charge >= 0.3 is 0 Å². The smallest absolute Gasteiger partial charge is 0.243 e. The van der Waals surface area contributed by atoms with Crippen molar-refractivity contribution in [3.05, 3.63) is 18.2 Å². The normalized spacial score (nSPS) is 13.4. The molecule has 0 aliphatic rings. The van der Waals surface area contributed by atoms with Gasteiger partial charge in [-0.25, -0.2) is 8.42 Å². The molecule has 0 fully saturated rings. The molecule has 120 valence electrons. The summed E-state index contributed by atoms with van der Waals surface area (Å²) in [6, 6.07) is 4.56. The zero-order valence-corrected chi connectivity index (χ0v) is 14.1. The largest absolute Gasteiger partial charge is 0.495 e. The van der Waals surface area contributed by atoms with Crippen LogP contribution in [0.4, 0.5) is 5.69 Å². The standard InChI is InChI=1S/C15H26N2O3S/c1-5-7-10-17(12(3)6-2)21(18,19)13-8-9-14(16)15(11-13)20-4/h8-9,11-12H,5-7,10,16H2,1-4H3. The topological polar surface area (TPSA) is 72.6 Å². The molecule has 1 aromatic rings. The van der Waals surface area contributed by atoms with E-state index in [4.69, 9.17) is 10.5 Å². The van der Waals surface area contributed by atoms with E-state index in [1.54, 1.807) is 10.4 Å². The number of nitrogen functional groups attached to an aromatic ring is 1. The molecule has 1 rings (SSSR count). The van der Waals surface area contributed by atoms with Crippen molar-refractivity contribution in [3.8, 4) is 5.75 Å². The first-order valence-electron chi connectivity index (χ1n) is 7.33. The van der Waals surface area contributed by atoms with Gasteiger partial charge in [-0.2, -0.15) is 4.31 Å². The van der Waals surface area contributed by atoms with E-state index in [1.165, 1.54) is 19.2 Å². The Balaban J connectivity index is 3.21. The van der Waals surface area contributed by atoms with Crippen molar-refractivity contribution in [2.75, 3.05) is 19.4 Å². The third-order valence-electron chi connectivity index (χ3n) is 3.63. The van der Waals surface area contributed by atoms with Crippen LogP contribution >= 0.6 is 0 Å². The maximum Gasteiger partial charge on any atom is 0.243 e. The second kappa shape index (κ2) is 7.66. The Morgan fingerprint density at radius 2 is 2.00 bits per heavy atom. The lowest BCUT2D eigenvalue weighted by Crippen LogP contribution is -2.39. The molecule has 0 heterocycles. The maximum absolute atomic E-state index is 12.8. The summed E-state index contributed by atoms with van der Waals surface area (Å²) in [7, 11) is -2.06. The first-order valence-corrected chi connectivity index (χ1v) is 8.77. The molecule has 0 aromatic heterocycles. The number of hydrogen-bond donors (Lipinski definition) is 1. The van der Waals surface area contributed by atoms with Gasteiger partial charge in [0.25, 0.3) is 0 Å². The Hall–Kier alpha value is -1.27.